The number of aromatic nitrogens is 2. The lowest BCUT2D eigenvalue weighted by atomic mass is 10.4. The van der Waals surface area contributed by atoms with Crippen LogP contribution in [0.3, 0.4) is 0 Å². The zero-order valence-corrected chi connectivity index (χ0v) is 8.30. The second-order valence-corrected chi connectivity index (χ2v) is 2.77. The molecule has 0 aliphatic rings. The van der Waals surface area contributed by atoms with Crippen molar-refractivity contribution >= 4 is 17.6 Å². The molecule has 1 aromatic rings. The van der Waals surface area contributed by atoms with Crippen LogP contribution in [-0.2, 0) is 9.53 Å². The van der Waals surface area contributed by atoms with E-state index in [0.717, 1.165) is 0 Å². The van der Waals surface area contributed by atoms with Gasteiger partial charge in [0.2, 0.25) is 17.4 Å². The third-order valence-electron chi connectivity index (χ3n) is 1.51. The third kappa shape index (κ3) is 3.53. The van der Waals surface area contributed by atoms with Gasteiger partial charge in [-0.25, -0.2) is 4.63 Å². The zero-order chi connectivity index (χ0) is 12.0. The predicted molar refractivity (Wildman–Crippen MR) is 51.1 cm³/mol. The summed E-state index contributed by atoms with van der Waals surface area (Å²) in [7, 11) is 0. The summed E-state index contributed by atoms with van der Waals surface area (Å²) in [6.45, 7) is 0.155. The molecular weight excluding hydrogens is 218 g/mol. The minimum absolute atomic E-state index is 0.0874. The van der Waals surface area contributed by atoms with Crippen LogP contribution in [0.4, 0.5) is 5.82 Å². The lowest BCUT2D eigenvalue weighted by Crippen LogP contribution is -2.29. The Morgan fingerprint density at radius 2 is 2.19 bits per heavy atom. The van der Waals surface area contributed by atoms with Crippen LogP contribution in [0.5, 0.6) is 0 Å². The monoisotopic (exact) mass is 229 g/mol. The summed E-state index contributed by atoms with van der Waals surface area (Å²) in [6, 6.07) is 0. The molecule has 2 amide bonds. The highest BCUT2D eigenvalue weighted by atomic mass is 16.6. The van der Waals surface area contributed by atoms with Crippen molar-refractivity contribution in [2.75, 3.05) is 25.5 Å². The molecule has 16 heavy (non-hydrogen) atoms. The Bertz CT molecular complexity index is 377. The van der Waals surface area contributed by atoms with Crippen LogP contribution >= 0.6 is 0 Å². The number of primary amides is 1. The number of nitrogens with zero attached hydrogens (tertiary/aromatic N) is 2. The Hall–Kier alpha value is -2.16. The number of nitrogens with one attached hydrogen (secondary N) is 1. The summed E-state index contributed by atoms with van der Waals surface area (Å²) >= 11 is 0. The van der Waals surface area contributed by atoms with Gasteiger partial charge in [0.05, 0.1) is 6.61 Å². The van der Waals surface area contributed by atoms with Crippen LogP contribution in [0, 0.1) is 0 Å². The molecule has 0 aliphatic carbocycles. The van der Waals surface area contributed by atoms with Gasteiger partial charge in [-0.3, -0.25) is 9.59 Å². The van der Waals surface area contributed by atoms with Crippen LogP contribution in [-0.4, -0.2) is 41.9 Å². The molecule has 0 fully saturated rings. The summed E-state index contributed by atoms with van der Waals surface area (Å²) in [6.07, 6.45) is 0. The van der Waals surface area contributed by atoms with Crippen LogP contribution in [0.2, 0.25) is 0 Å². The number of nitrogens with two attached hydrogens (primary N) is 2. The van der Waals surface area contributed by atoms with Crippen LogP contribution in [0.1, 0.15) is 10.5 Å². The minimum Gasteiger partial charge on any atom is -0.379 e. The van der Waals surface area contributed by atoms with Crippen molar-refractivity contribution in [3.05, 3.63) is 5.69 Å². The lowest BCUT2D eigenvalue weighted by Gasteiger charge is -2.02. The first-order chi connectivity index (χ1) is 7.61. The van der Waals surface area contributed by atoms with Gasteiger partial charge >= 0.3 is 0 Å². The number of carbonyl (C=O) groups excluding carboxylic acids is 2. The maximum atomic E-state index is 11.3. The fourth-order valence-electron chi connectivity index (χ4n) is 0.846. The van der Waals surface area contributed by atoms with Gasteiger partial charge in [0.25, 0.3) is 5.91 Å². The summed E-state index contributed by atoms with van der Waals surface area (Å²) < 4.78 is 9.06. The van der Waals surface area contributed by atoms with Crippen molar-refractivity contribution < 1.29 is 19.0 Å². The molecule has 0 unspecified atom stereocenters. The first-order valence-corrected chi connectivity index (χ1v) is 4.33. The number of nitrogen functional groups attached to an aromatic ring is 1. The van der Waals surface area contributed by atoms with Crippen LogP contribution < -0.4 is 16.8 Å². The van der Waals surface area contributed by atoms with Crippen LogP contribution in [0.15, 0.2) is 4.63 Å². The Morgan fingerprint density at radius 1 is 1.44 bits per heavy atom. The number of hydrogen-bond acceptors (Lipinski definition) is 7. The Labute approximate surface area is 90.1 Å². The summed E-state index contributed by atoms with van der Waals surface area (Å²) in [5.74, 6) is -1.19. The second kappa shape index (κ2) is 5.66. The number of anilines is 1. The number of ether oxygens (including phenoxy) is 1. The van der Waals surface area contributed by atoms with E-state index in [0.29, 0.717) is 0 Å². The van der Waals surface area contributed by atoms with Crippen molar-refractivity contribution in [1.82, 2.24) is 15.6 Å². The molecule has 0 spiro atoms. The Morgan fingerprint density at radius 3 is 2.75 bits per heavy atom. The molecule has 0 aromatic carbocycles. The maximum absolute atomic E-state index is 11.3. The number of amides is 2. The van der Waals surface area contributed by atoms with Gasteiger partial charge < -0.3 is 21.5 Å². The Balaban J connectivity index is 2.21. The Kier molecular flexibility index (Phi) is 4.21. The quantitative estimate of drug-likeness (QED) is 0.472. The largest absolute Gasteiger partial charge is 0.379 e. The molecule has 0 aliphatic heterocycles. The topological polar surface area (TPSA) is 146 Å². The van der Waals surface area contributed by atoms with E-state index in [2.05, 4.69) is 20.3 Å². The van der Waals surface area contributed by atoms with E-state index in [-0.39, 0.29) is 31.3 Å². The molecule has 1 aromatic heterocycles. The molecular formula is C7H11N5O4. The summed E-state index contributed by atoms with van der Waals surface area (Å²) in [4.78, 5) is 21.6. The average molecular weight is 229 g/mol. The fraction of sp³-hybridized carbons (Fsp3) is 0.429. The van der Waals surface area contributed by atoms with E-state index in [9.17, 15) is 9.59 Å². The highest BCUT2D eigenvalue weighted by molar-refractivity contribution is 5.95. The number of rotatable bonds is 6. The molecule has 1 rings (SSSR count). The van der Waals surface area contributed by atoms with Gasteiger partial charge in [-0.05, 0) is 10.3 Å². The molecule has 0 radical (unpaired) electrons. The molecule has 0 saturated carbocycles. The van der Waals surface area contributed by atoms with Gasteiger partial charge in [0.15, 0.2) is 0 Å². The summed E-state index contributed by atoms with van der Waals surface area (Å²) in [5.41, 5.74) is 10.0. The third-order valence-corrected chi connectivity index (χ3v) is 1.51. The molecule has 9 nitrogen and oxygen atoms in total. The summed E-state index contributed by atoms with van der Waals surface area (Å²) in [5, 5.41) is 8.99. The molecule has 1 heterocycles. The van der Waals surface area contributed by atoms with E-state index >= 15 is 0 Å². The minimum atomic E-state index is -0.573. The molecule has 0 bridgehead atoms. The first-order valence-electron chi connectivity index (χ1n) is 4.33. The molecule has 88 valence electrons. The normalized spacial score (nSPS) is 10.0. The van der Waals surface area contributed by atoms with E-state index in [1.54, 1.807) is 0 Å². The van der Waals surface area contributed by atoms with E-state index in [1.807, 2.05) is 0 Å². The van der Waals surface area contributed by atoms with E-state index in [4.69, 9.17) is 16.2 Å². The van der Waals surface area contributed by atoms with Crippen LogP contribution in [0.25, 0.3) is 0 Å². The van der Waals surface area contributed by atoms with Gasteiger partial charge in [-0.2, -0.15) is 0 Å². The van der Waals surface area contributed by atoms with E-state index < -0.39 is 11.8 Å². The number of carbonyl (C=O) groups is 2. The van der Waals surface area contributed by atoms with Crippen molar-refractivity contribution in [3.8, 4) is 0 Å². The maximum Gasteiger partial charge on any atom is 0.277 e. The first kappa shape index (κ1) is 11.9. The van der Waals surface area contributed by atoms with Crippen molar-refractivity contribution in [2.24, 2.45) is 5.73 Å². The smallest absolute Gasteiger partial charge is 0.277 e. The van der Waals surface area contributed by atoms with Crippen molar-refractivity contribution in [3.63, 3.8) is 0 Å². The fourth-order valence-corrected chi connectivity index (χ4v) is 0.846. The van der Waals surface area contributed by atoms with E-state index in [1.165, 1.54) is 0 Å². The van der Waals surface area contributed by atoms with Crippen molar-refractivity contribution in [1.29, 1.82) is 0 Å². The van der Waals surface area contributed by atoms with Gasteiger partial charge in [-0.15, -0.1) is 0 Å². The second-order valence-electron chi connectivity index (χ2n) is 2.77. The molecule has 0 atom stereocenters. The lowest BCUT2D eigenvalue weighted by molar-refractivity contribution is -0.122. The predicted octanol–water partition coefficient (Wildman–Crippen LogP) is -2.12. The standard InChI is InChI=1S/C7H11N5O4/c8-4(13)3-15-2-1-10-7(14)5-6(9)12-16-11-5/h1-3H2,(H2,8,13)(H2,9,12)(H,10,14). The van der Waals surface area contributed by atoms with Gasteiger partial charge in [-0.1, -0.05) is 0 Å². The SMILES string of the molecule is NC(=O)COCCNC(=O)c1nonc1N. The average Bonchev–Trinajstić information content (AvgIpc) is 2.63. The molecule has 5 N–H and O–H groups in total. The molecule has 9 heteroatoms. The van der Waals surface area contributed by atoms with Gasteiger partial charge in [0, 0.05) is 6.54 Å². The van der Waals surface area contributed by atoms with Gasteiger partial charge in [0.1, 0.15) is 6.61 Å². The van der Waals surface area contributed by atoms with Crippen molar-refractivity contribution in [2.45, 2.75) is 0 Å². The highest BCUT2D eigenvalue weighted by Crippen LogP contribution is 2.02. The highest BCUT2D eigenvalue weighted by Gasteiger charge is 2.14. The number of hydrogen-bond donors (Lipinski definition) is 3. The zero-order valence-electron chi connectivity index (χ0n) is 8.30. The molecule has 0 saturated heterocycles.